The molecule has 0 bridgehead atoms. The zero-order valence-corrected chi connectivity index (χ0v) is 10.6. The number of amides is 1. The number of hydrogen-bond acceptors (Lipinski definition) is 3. The molecule has 0 aromatic carbocycles. The van der Waals surface area contributed by atoms with E-state index in [1.807, 2.05) is 6.92 Å². The molecule has 1 aromatic heterocycles. The van der Waals surface area contributed by atoms with Crippen molar-refractivity contribution in [2.24, 2.45) is 0 Å². The molecule has 1 amide bonds. The van der Waals surface area contributed by atoms with Crippen LogP contribution in [-0.4, -0.2) is 34.4 Å². The zero-order chi connectivity index (χ0) is 11.3. The normalized spacial score (nSPS) is 10.3. The molecule has 15 heavy (non-hydrogen) atoms. The summed E-state index contributed by atoms with van der Waals surface area (Å²) in [6.45, 7) is 5.26. The van der Waals surface area contributed by atoms with E-state index in [-0.39, 0.29) is 5.91 Å². The van der Waals surface area contributed by atoms with Crippen LogP contribution in [-0.2, 0) is 0 Å². The summed E-state index contributed by atoms with van der Waals surface area (Å²) >= 11 is 3.33. The van der Waals surface area contributed by atoms with Crippen molar-refractivity contribution in [3.8, 4) is 0 Å². The third-order valence-corrected chi connectivity index (χ3v) is 2.34. The Morgan fingerprint density at radius 2 is 2.33 bits per heavy atom. The average molecular weight is 275 g/mol. The standard InChI is InChI=1S/C10H15BrN2O2/c1-3-5-13(6-4-11)10(14)9-7-8(2)15-12-9/h7H,3-6H2,1-2H3. The molecule has 1 heterocycles. The molecule has 5 heteroatoms. The van der Waals surface area contributed by atoms with E-state index < -0.39 is 0 Å². The Morgan fingerprint density at radius 1 is 1.60 bits per heavy atom. The van der Waals surface area contributed by atoms with Gasteiger partial charge in [-0.05, 0) is 13.3 Å². The third-order valence-electron chi connectivity index (χ3n) is 1.98. The highest BCUT2D eigenvalue weighted by Crippen LogP contribution is 2.07. The highest BCUT2D eigenvalue weighted by atomic mass is 79.9. The summed E-state index contributed by atoms with van der Waals surface area (Å²) < 4.78 is 4.88. The van der Waals surface area contributed by atoms with E-state index in [2.05, 4.69) is 21.1 Å². The van der Waals surface area contributed by atoms with E-state index >= 15 is 0 Å². The number of aromatic nitrogens is 1. The maximum atomic E-state index is 11.9. The lowest BCUT2D eigenvalue weighted by Gasteiger charge is -2.19. The van der Waals surface area contributed by atoms with Crippen molar-refractivity contribution in [3.05, 3.63) is 17.5 Å². The van der Waals surface area contributed by atoms with Crippen molar-refractivity contribution in [3.63, 3.8) is 0 Å². The lowest BCUT2D eigenvalue weighted by atomic mass is 10.3. The maximum Gasteiger partial charge on any atom is 0.276 e. The molecule has 84 valence electrons. The summed E-state index contributed by atoms with van der Waals surface area (Å²) in [7, 11) is 0. The summed E-state index contributed by atoms with van der Waals surface area (Å²) in [5.41, 5.74) is 0.391. The molecular weight excluding hydrogens is 260 g/mol. The fourth-order valence-corrected chi connectivity index (χ4v) is 1.74. The number of hydrogen-bond donors (Lipinski definition) is 0. The molecule has 1 aromatic rings. The molecule has 0 atom stereocenters. The highest BCUT2D eigenvalue weighted by Gasteiger charge is 2.17. The number of carbonyl (C=O) groups is 1. The van der Waals surface area contributed by atoms with Crippen molar-refractivity contribution >= 4 is 21.8 Å². The first kappa shape index (κ1) is 12.2. The molecule has 1 rings (SSSR count). The van der Waals surface area contributed by atoms with E-state index in [1.54, 1.807) is 17.9 Å². The fraction of sp³-hybridized carbons (Fsp3) is 0.600. The van der Waals surface area contributed by atoms with Gasteiger partial charge in [-0.25, -0.2) is 0 Å². The summed E-state index contributed by atoms with van der Waals surface area (Å²) in [6, 6.07) is 1.67. The van der Waals surface area contributed by atoms with Crippen LogP contribution in [0.25, 0.3) is 0 Å². The van der Waals surface area contributed by atoms with Crippen LogP contribution in [0.5, 0.6) is 0 Å². The quantitative estimate of drug-likeness (QED) is 0.774. The minimum Gasteiger partial charge on any atom is -0.361 e. The molecule has 0 spiro atoms. The summed E-state index contributed by atoms with van der Waals surface area (Å²) in [5, 5.41) is 4.49. The first-order valence-electron chi connectivity index (χ1n) is 4.97. The SMILES string of the molecule is CCCN(CCBr)C(=O)c1cc(C)on1. The van der Waals surface area contributed by atoms with Crippen LogP contribution in [0.3, 0.4) is 0 Å². The highest BCUT2D eigenvalue weighted by molar-refractivity contribution is 9.09. The molecule has 0 saturated heterocycles. The third kappa shape index (κ3) is 3.34. The van der Waals surface area contributed by atoms with E-state index in [9.17, 15) is 4.79 Å². The van der Waals surface area contributed by atoms with Gasteiger partial charge in [0, 0.05) is 24.5 Å². The van der Waals surface area contributed by atoms with Crippen molar-refractivity contribution < 1.29 is 9.32 Å². The van der Waals surface area contributed by atoms with Gasteiger partial charge >= 0.3 is 0 Å². The largest absolute Gasteiger partial charge is 0.361 e. The second kappa shape index (κ2) is 5.90. The Bertz CT molecular complexity index is 319. The second-order valence-electron chi connectivity index (χ2n) is 3.30. The molecule has 0 radical (unpaired) electrons. The minimum atomic E-state index is -0.0619. The number of aryl methyl sites for hydroxylation is 1. The van der Waals surface area contributed by atoms with Gasteiger partial charge in [0.25, 0.3) is 5.91 Å². The van der Waals surface area contributed by atoms with Gasteiger partial charge in [0.05, 0.1) is 0 Å². The van der Waals surface area contributed by atoms with E-state index in [1.165, 1.54) is 0 Å². The van der Waals surface area contributed by atoms with E-state index in [0.29, 0.717) is 18.0 Å². The smallest absolute Gasteiger partial charge is 0.276 e. The van der Waals surface area contributed by atoms with Crippen LogP contribution in [0, 0.1) is 6.92 Å². The number of nitrogens with zero attached hydrogens (tertiary/aromatic N) is 2. The van der Waals surface area contributed by atoms with Gasteiger partial charge in [-0.15, -0.1) is 0 Å². The Morgan fingerprint density at radius 3 is 2.80 bits per heavy atom. The molecule has 0 aliphatic carbocycles. The zero-order valence-electron chi connectivity index (χ0n) is 8.99. The second-order valence-corrected chi connectivity index (χ2v) is 4.10. The number of alkyl halides is 1. The Hall–Kier alpha value is -0.840. The summed E-state index contributed by atoms with van der Waals surface area (Å²) in [5.74, 6) is 0.599. The Balaban J connectivity index is 2.71. The average Bonchev–Trinajstić information content (AvgIpc) is 2.63. The number of carbonyl (C=O) groups excluding carboxylic acids is 1. The van der Waals surface area contributed by atoms with E-state index in [0.717, 1.165) is 18.3 Å². The fourth-order valence-electron chi connectivity index (χ4n) is 1.32. The van der Waals surface area contributed by atoms with Gasteiger partial charge in [0.15, 0.2) is 5.69 Å². The van der Waals surface area contributed by atoms with Gasteiger partial charge in [0.2, 0.25) is 0 Å². The number of rotatable bonds is 5. The van der Waals surface area contributed by atoms with Crippen molar-refractivity contribution in [2.75, 3.05) is 18.4 Å². The minimum absolute atomic E-state index is 0.0619. The molecule has 0 unspecified atom stereocenters. The number of halogens is 1. The molecule has 4 nitrogen and oxygen atoms in total. The lowest BCUT2D eigenvalue weighted by Crippen LogP contribution is -2.33. The summed E-state index contributed by atoms with van der Waals surface area (Å²) in [4.78, 5) is 13.7. The molecule has 0 N–H and O–H groups in total. The molecule has 0 fully saturated rings. The van der Waals surface area contributed by atoms with Crippen LogP contribution in [0.4, 0.5) is 0 Å². The van der Waals surface area contributed by atoms with Gasteiger partial charge in [0.1, 0.15) is 5.76 Å². The van der Waals surface area contributed by atoms with Gasteiger partial charge < -0.3 is 9.42 Å². The van der Waals surface area contributed by atoms with Crippen LogP contribution in [0.15, 0.2) is 10.6 Å². The lowest BCUT2D eigenvalue weighted by molar-refractivity contribution is 0.0756. The van der Waals surface area contributed by atoms with Crippen molar-refractivity contribution in [1.29, 1.82) is 0 Å². The van der Waals surface area contributed by atoms with E-state index in [4.69, 9.17) is 4.52 Å². The van der Waals surface area contributed by atoms with Gasteiger partial charge in [-0.2, -0.15) is 0 Å². The topological polar surface area (TPSA) is 46.3 Å². The van der Waals surface area contributed by atoms with Gasteiger partial charge in [-0.3, -0.25) is 4.79 Å². The Kier molecular flexibility index (Phi) is 4.81. The molecule has 0 aliphatic heterocycles. The monoisotopic (exact) mass is 274 g/mol. The molecule has 0 saturated carbocycles. The summed E-state index contributed by atoms with van der Waals surface area (Å²) in [6.07, 6.45) is 0.940. The van der Waals surface area contributed by atoms with Crippen molar-refractivity contribution in [1.82, 2.24) is 10.1 Å². The van der Waals surface area contributed by atoms with Crippen molar-refractivity contribution in [2.45, 2.75) is 20.3 Å². The Labute approximate surface area is 97.7 Å². The van der Waals surface area contributed by atoms with Crippen LogP contribution >= 0.6 is 15.9 Å². The van der Waals surface area contributed by atoms with Crippen LogP contribution in [0.2, 0.25) is 0 Å². The first-order valence-corrected chi connectivity index (χ1v) is 6.09. The van der Waals surface area contributed by atoms with Crippen LogP contribution < -0.4 is 0 Å². The predicted molar refractivity (Wildman–Crippen MR) is 61.2 cm³/mol. The maximum absolute atomic E-state index is 11.9. The van der Waals surface area contributed by atoms with Gasteiger partial charge in [-0.1, -0.05) is 28.0 Å². The molecular formula is C10H15BrN2O2. The predicted octanol–water partition coefficient (Wildman–Crippen LogP) is 2.23. The molecule has 0 aliphatic rings. The first-order chi connectivity index (χ1) is 7.19. The van der Waals surface area contributed by atoms with Crippen LogP contribution in [0.1, 0.15) is 29.6 Å².